The second kappa shape index (κ2) is 6.90. The van der Waals surface area contributed by atoms with Crippen LogP contribution in [-0.4, -0.2) is 48.6 Å². The number of hydrogen-bond acceptors (Lipinski definition) is 3. The van der Waals surface area contributed by atoms with Gasteiger partial charge in [0, 0.05) is 25.2 Å². The van der Waals surface area contributed by atoms with Crippen LogP contribution in [0.5, 0.6) is 0 Å². The molecule has 3 unspecified atom stereocenters. The molecule has 0 radical (unpaired) electrons. The van der Waals surface area contributed by atoms with Crippen molar-refractivity contribution in [3.8, 4) is 0 Å². The van der Waals surface area contributed by atoms with E-state index in [1.165, 1.54) is 19.3 Å². The Hall–Kier alpha value is -0.610. The smallest absolute Gasteiger partial charge is 0.237 e. The first-order valence-electron chi connectivity index (χ1n) is 8.27. The van der Waals surface area contributed by atoms with Gasteiger partial charge in [-0.15, -0.1) is 0 Å². The Morgan fingerprint density at radius 2 is 1.95 bits per heavy atom. The Labute approximate surface area is 123 Å². The summed E-state index contributed by atoms with van der Waals surface area (Å²) < 4.78 is 0. The van der Waals surface area contributed by atoms with Crippen molar-refractivity contribution in [2.24, 2.45) is 11.8 Å². The van der Waals surface area contributed by atoms with Crippen LogP contribution in [0, 0.1) is 11.8 Å². The first-order valence-corrected chi connectivity index (χ1v) is 8.27. The summed E-state index contributed by atoms with van der Waals surface area (Å²) in [6.07, 6.45) is 3.82. The lowest BCUT2D eigenvalue weighted by molar-refractivity contribution is -0.123. The summed E-state index contributed by atoms with van der Waals surface area (Å²) in [7, 11) is 0. The molecule has 1 heterocycles. The zero-order valence-corrected chi connectivity index (χ0v) is 13.5. The molecule has 1 aliphatic heterocycles. The summed E-state index contributed by atoms with van der Waals surface area (Å²) in [5.41, 5.74) is 0. The van der Waals surface area contributed by atoms with Crippen LogP contribution in [0.15, 0.2) is 0 Å². The number of nitrogens with zero attached hydrogens (tertiary/aromatic N) is 1. The van der Waals surface area contributed by atoms with Crippen molar-refractivity contribution in [3.63, 3.8) is 0 Å². The number of nitrogens with one attached hydrogen (secondary N) is 2. The Balaban J connectivity index is 1.75. The van der Waals surface area contributed by atoms with Crippen molar-refractivity contribution in [1.29, 1.82) is 0 Å². The number of hydrogen-bond donors (Lipinski definition) is 2. The van der Waals surface area contributed by atoms with Crippen LogP contribution in [-0.2, 0) is 4.79 Å². The van der Waals surface area contributed by atoms with Gasteiger partial charge in [0.15, 0.2) is 0 Å². The first kappa shape index (κ1) is 15.8. The van der Waals surface area contributed by atoms with E-state index in [4.69, 9.17) is 0 Å². The van der Waals surface area contributed by atoms with E-state index >= 15 is 0 Å². The molecule has 4 heteroatoms. The molecule has 2 rings (SSSR count). The highest BCUT2D eigenvalue weighted by Crippen LogP contribution is 2.37. The van der Waals surface area contributed by atoms with E-state index < -0.39 is 0 Å². The van der Waals surface area contributed by atoms with Crippen LogP contribution in [0.3, 0.4) is 0 Å². The fraction of sp³-hybridized carbons (Fsp3) is 0.938. The maximum atomic E-state index is 12.3. The van der Waals surface area contributed by atoms with E-state index in [1.807, 2.05) is 0 Å². The molecule has 1 saturated carbocycles. The molecule has 3 atom stereocenters. The molecule has 2 N–H and O–H groups in total. The molecular weight excluding hydrogens is 250 g/mol. The van der Waals surface area contributed by atoms with Crippen molar-refractivity contribution in [2.75, 3.05) is 19.6 Å². The SMILES string of the molecule is CC(C)N(CCNC(=O)C1NCC2CCCC21)C(C)C. The molecule has 0 spiro atoms. The highest BCUT2D eigenvalue weighted by molar-refractivity contribution is 5.82. The second-order valence-electron chi connectivity index (χ2n) is 6.96. The quantitative estimate of drug-likeness (QED) is 0.777. The summed E-state index contributed by atoms with van der Waals surface area (Å²) in [6, 6.07) is 1.11. The number of amides is 1. The number of carbonyl (C=O) groups excluding carboxylic acids is 1. The van der Waals surface area contributed by atoms with Gasteiger partial charge < -0.3 is 10.6 Å². The zero-order chi connectivity index (χ0) is 14.7. The van der Waals surface area contributed by atoms with E-state index in [1.54, 1.807) is 0 Å². The van der Waals surface area contributed by atoms with Crippen molar-refractivity contribution < 1.29 is 4.79 Å². The molecule has 4 nitrogen and oxygen atoms in total. The van der Waals surface area contributed by atoms with Crippen molar-refractivity contribution >= 4 is 5.91 Å². The molecular formula is C16H31N3O. The summed E-state index contributed by atoms with van der Waals surface area (Å²) in [4.78, 5) is 14.7. The Kier molecular flexibility index (Phi) is 5.44. The van der Waals surface area contributed by atoms with Crippen LogP contribution < -0.4 is 10.6 Å². The zero-order valence-electron chi connectivity index (χ0n) is 13.5. The third-order valence-corrected chi connectivity index (χ3v) is 5.02. The molecule has 0 aromatic carbocycles. The predicted molar refractivity (Wildman–Crippen MR) is 82.6 cm³/mol. The minimum Gasteiger partial charge on any atom is -0.353 e. The van der Waals surface area contributed by atoms with Crippen molar-refractivity contribution in [2.45, 2.75) is 65.1 Å². The molecule has 116 valence electrons. The standard InChI is InChI=1S/C16H31N3O/c1-11(2)19(12(3)4)9-8-17-16(20)15-14-7-5-6-13(14)10-18-15/h11-15,18H,5-10H2,1-4H3,(H,17,20). The minimum atomic E-state index is 0.0639. The van der Waals surface area contributed by atoms with Gasteiger partial charge in [0.05, 0.1) is 6.04 Å². The van der Waals surface area contributed by atoms with Crippen molar-refractivity contribution in [1.82, 2.24) is 15.5 Å². The Morgan fingerprint density at radius 3 is 2.60 bits per heavy atom. The topological polar surface area (TPSA) is 44.4 Å². The van der Waals surface area contributed by atoms with Crippen LogP contribution in [0.4, 0.5) is 0 Å². The molecule has 2 fully saturated rings. The van der Waals surface area contributed by atoms with Crippen molar-refractivity contribution in [3.05, 3.63) is 0 Å². The van der Waals surface area contributed by atoms with Crippen LogP contribution in [0.25, 0.3) is 0 Å². The van der Waals surface area contributed by atoms with Gasteiger partial charge in [-0.3, -0.25) is 9.69 Å². The van der Waals surface area contributed by atoms with Gasteiger partial charge in [-0.25, -0.2) is 0 Å². The normalized spacial score (nSPS) is 29.4. The predicted octanol–water partition coefficient (Wildman–Crippen LogP) is 1.61. The van der Waals surface area contributed by atoms with E-state index in [2.05, 4.69) is 43.2 Å². The molecule has 1 saturated heterocycles. The molecule has 2 aliphatic rings. The van der Waals surface area contributed by atoms with E-state index in [0.29, 0.717) is 18.0 Å². The molecule has 0 aromatic heterocycles. The van der Waals surface area contributed by atoms with Crippen LogP contribution in [0.2, 0.25) is 0 Å². The maximum Gasteiger partial charge on any atom is 0.237 e. The monoisotopic (exact) mass is 281 g/mol. The Bertz CT molecular complexity index is 322. The van der Waals surface area contributed by atoms with Crippen LogP contribution in [0.1, 0.15) is 47.0 Å². The maximum absolute atomic E-state index is 12.3. The highest BCUT2D eigenvalue weighted by atomic mass is 16.2. The van der Waals surface area contributed by atoms with Gasteiger partial charge >= 0.3 is 0 Å². The molecule has 1 aliphatic carbocycles. The minimum absolute atomic E-state index is 0.0639. The Morgan fingerprint density at radius 1 is 1.25 bits per heavy atom. The fourth-order valence-corrected chi connectivity index (χ4v) is 4.01. The average molecular weight is 281 g/mol. The molecule has 20 heavy (non-hydrogen) atoms. The summed E-state index contributed by atoms with van der Waals surface area (Å²) in [5.74, 6) is 1.54. The summed E-state index contributed by atoms with van der Waals surface area (Å²) in [5, 5.41) is 6.55. The number of carbonyl (C=O) groups is 1. The third kappa shape index (κ3) is 3.53. The second-order valence-corrected chi connectivity index (χ2v) is 6.96. The molecule has 1 amide bonds. The summed E-state index contributed by atoms with van der Waals surface area (Å²) >= 11 is 0. The lowest BCUT2D eigenvalue weighted by Crippen LogP contribution is -2.47. The fourth-order valence-electron chi connectivity index (χ4n) is 4.01. The largest absolute Gasteiger partial charge is 0.353 e. The average Bonchev–Trinajstić information content (AvgIpc) is 2.95. The van der Waals surface area contributed by atoms with Gasteiger partial charge in [-0.05, 0) is 58.9 Å². The van der Waals surface area contributed by atoms with Gasteiger partial charge in [-0.2, -0.15) is 0 Å². The number of fused-ring (bicyclic) bond motifs is 1. The van der Waals surface area contributed by atoms with Crippen LogP contribution >= 0.6 is 0 Å². The van der Waals surface area contributed by atoms with E-state index in [9.17, 15) is 4.79 Å². The molecule has 0 bridgehead atoms. The summed E-state index contributed by atoms with van der Waals surface area (Å²) in [6.45, 7) is 11.6. The number of rotatable bonds is 6. The lowest BCUT2D eigenvalue weighted by Gasteiger charge is -2.30. The van der Waals surface area contributed by atoms with E-state index in [-0.39, 0.29) is 11.9 Å². The van der Waals surface area contributed by atoms with E-state index in [0.717, 1.165) is 25.6 Å². The highest BCUT2D eigenvalue weighted by Gasteiger charge is 2.42. The lowest BCUT2D eigenvalue weighted by atomic mass is 9.94. The van der Waals surface area contributed by atoms with Gasteiger partial charge in [0.2, 0.25) is 5.91 Å². The first-order chi connectivity index (χ1) is 9.50. The van der Waals surface area contributed by atoms with Gasteiger partial charge in [0.1, 0.15) is 0 Å². The molecule has 0 aromatic rings. The van der Waals surface area contributed by atoms with Gasteiger partial charge in [0.25, 0.3) is 0 Å². The van der Waals surface area contributed by atoms with Gasteiger partial charge in [-0.1, -0.05) is 6.42 Å². The third-order valence-electron chi connectivity index (χ3n) is 5.02.